The van der Waals surface area contributed by atoms with Crippen molar-refractivity contribution >= 4 is 23.2 Å². The molecule has 1 fully saturated rings. The molecule has 4 heteroatoms. The zero-order valence-corrected chi connectivity index (χ0v) is 13.0. The summed E-state index contributed by atoms with van der Waals surface area (Å²) < 4.78 is 0. The summed E-state index contributed by atoms with van der Waals surface area (Å²) in [6, 6.07) is 5.83. The van der Waals surface area contributed by atoms with E-state index >= 15 is 0 Å². The number of rotatable bonds is 3. The second-order valence-electron chi connectivity index (χ2n) is 5.97. The van der Waals surface area contributed by atoms with Gasteiger partial charge in [0.05, 0.1) is 15.6 Å². The van der Waals surface area contributed by atoms with E-state index < -0.39 is 5.60 Å². The summed E-state index contributed by atoms with van der Waals surface area (Å²) in [5.74, 6) is 0. The fourth-order valence-electron chi connectivity index (χ4n) is 3.38. The highest BCUT2D eigenvalue weighted by Crippen LogP contribution is 2.44. The predicted molar refractivity (Wildman–Crippen MR) is 81.2 cm³/mol. The van der Waals surface area contributed by atoms with Gasteiger partial charge in [-0.15, -0.1) is 0 Å². The Hall–Kier alpha value is -0.280. The van der Waals surface area contributed by atoms with E-state index in [1.165, 1.54) is 0 Å². The molecule has 2 unspecified atom stereocenters. The molecular formula is C15H21Cl2NO. The molecular weight excluding hydrogens is 281 g/mol. The van der Waals surface area contributed by atoms with Gasteiger partial charge >= 0.3 is 0 Å². The third-order valence-corrected chi connectivity index (χ3v) is 4.88. The number of hydrogen-bond acceptors (Lipinski definition) is 2. The number of aliphatic hydroxyl groups is 1. The SMILES string of the molecule is CNCC1(c2ccc(Cl)c(Cl)c2)CCCC(C)(O)C1. The Labute approximate surface area is 125 Å². The summed E-state index contributed by atoms with van der Waals surface area (Å²) >= 11 is 12.2. The molecule has 1 saturated carbocycles. The van der Waals surface area contributed by atoms with Crippen LogP contribution in [0.2, 0.25) is 10.0 Å². The maximum absolute atomic E-state index is 10.4. The number of likely N-dealkylation sites (N-methyl/N-ethyl adjacent to an activating group) is 1. The Balaban J connectivity index is 2.40. The first-order valence-electron chi connectivity index (χ1n) is 6.71. The van der Waals surface area contributed by atoms with E-state index in [1.807, 2.05) is 32.2 Å². The molecule has 0 bridgehead atoms. The Morgan fingerprint density at radius 3 is 2.58 bits per heavy atom. The van der Waals surface area contributed by atoms with Crippen LogP contribution in [0.15, 0.2) is 18.2 Å². The van der Waals surface area contributed by atoms with Crippen molar-refractivity contribution in [1.29, 1.82) is 0 Å². The molecule has 0 amide bonds. The van der Waals surface area contributed by atoms with Crippen LogP contribution in [0.25, 0.3) is 0 Å². The molecule has 19 heavy (non-hydrogen) atoms. The third kappa shape index (κ3) is 3.25. The van der Waals surface area contributed by atoms with Crippen LogP contribution in [0.3, 0.4) is 0 Å². The average Bonchev–Trinajstić information content (AvgIpc) is 2.31. The molecule has 0 spiro atoms. The number of nitrogens with one attached hydrogen (secondary N) is 1. The van der Waals surface area contributed by atoms with Crippen LogP contribution in [0, 0.1) is 0 Å². The van der Waals surface area contributed by atoms with Gasteiger partial charge in [-0.1, -0.05) is 29.3 Å². The predicted octanol–water partition coefficient (Wildman–Crippen LogP) is 3.78. The first-order valence-corrected chi connectivity index (χ1v) is 7.47. The van der Waals surface area contributed by atoms with Crippen LogP contribution in [-0.2, 0) is 5.41 Å². The molecule has 1 aliphatic rings. The van der Waals surface area contributed by atoms with E-state index in [4.69, 9.17) is 23.2 Å². The van der Waals surface area contributed by atoms with Crippen LogP contribution in [-0.4, -0.2) is 24.3 Å². The van der Waals surface area contributed by atoms with E-state index in [9.17, 15) is 5.11 Å². The van der Waals surface area contributed by atoms with Crippen LogP contribution >= 0.6 is 23.2 Å². The highest BCUT2D eigenvalue weighted by atomic mass is 35.5. The van der Waals surface area contributed by atoms with Crippen molar-refractivity contribution in [3.05, 3.63) is 33.8 Å². The molecule has 0 aromatic heterocycles. The molecule has 106 valence electrons. The number of benzene rings is 1. The lowest BCUT2D eigenvalue weighted by atomic mass is 9.64. The average molecular weight is 302 g/mol. The molecule has 2 nitrogen and oxygen atoms in total. The summed E-state index contributed by atoms with van der Waals surface area (Å²) in [7, 11) is 1.95. The van der Waals surface area contributed by atoms with Crippen LogP contribution in [0.4, 0.5) is 0 Å². The van der Waals surface area contributed by atoms with Gasteiger partial charge in [-0.05, 0) is 57.4 Å². The van der Waals surface area contributed by atoms with E-state index in [-0.39, 0.29) is 5.41 Å². The van der Waals surface area contributed by atoms with Gasteiger partial charge in [0, 0.05) is 12.0 Å². The summed E-state index contributed by atoms with van der Waals surface area (Å²) in [5.41, 5.74) is 0.489. The van der Waals surface area contributed by atoms with Crippen LogP contribution in [0.5, 0.6) is 0 Å². The van der Waals surface area contributed by atoms with Crippen molar-refractivity contribution < 1.29 is 5.11 Å². The normalized spacial score (nSPS) is 31.4. The van der Waals surface area contributed by atoms with Gasteiger partial charge in [0.25, 0.3) is 0 Å². The topological polar surface area (TPSA) is 32.3 Å². The molecule has 0 aliphatic heterocycles. The van der Waals surface area contributed by atoms with Gasteiger partial charge in [0.1, 0.15) is 0 Å². The summed E-state index contributed by atoms with van der Waals surface area (Å²) in [5, 5.41) is 14.9. The fourth-order valence-corrected chi connectivity index (χ4v) is 3.68. The second kappa shape index (κ2) is 5.61. The summed E-state index contributed by atoms with van der Waals surface area (Å²) in [6.07, 6.45) is 3.69. The summed E-state index contributed by atoms with van der Waals surface area (Å²) in [4.78, 5) is 0. The van der Waals surface area contributed by atoms with Crippen LogP contribution < -0.4 is 5.32 Å². The van der Waals surface area contributed by atoms with E-state index in [2.05, 4.69) is 5.32 Å². The van der Waals surface area contributed by atoms with E-state index in [1.54, 1.807) is 0 Å². The minimum Gasteiger partial charge on any atom is -0.390 e. The lowest BCUT2D eigenvalue weighted by Gasteiger charge is -2.44. The van der Waals surface area contributed by atoms with Gasteiger partial charge in [-0.3, -0.25) is 0 Å². The van der Waals surface area contributed by atoms with Crippen molar-refractivity contribution in [2.24, 2.45) is 0 Å². The fraction of sp³-hybridized carbons (Fsp3) is 0.600. The molecule has 2 atom stereocenters. The number of hydrogen-bond donors (Lipinski definition) is 2. The quantitative estimate of drug-likeness (QED) is 0.890. The lowest BCUT2D eigenvalue weighted by Crippen LogP contribution is -2.47. The zero-order valence-electron chi connectivity index (χ0n) is 11.5. The highest BCUT2D eigenvalue weighted by molar-refractivity contribution is 6.42. The van der Waals surface area contributed by atoms with Crippen molar-refractivity contribution in [3.63, 3.8) is 0 Å². The maximum Gasteiger partial charge on any atom is 0.0628 e. The molecule has 0 heterocycles. The molecule has 0 saturated heterocycles. The molecule has 1 aromatic carbocycles. The molecule has 1 aromatic rings. The molecule has 0 radical (unpaired) electrons. The Bertz CT molecular complexity index is 457. The Morgan fingerprint density at radius 1 is 1.26 bits per heavy atom. The van der Waals surface area contributed by atoms with Gasteiger partial charge in [-0.2, -0.15) is 0 Å². The Morgan fingerprint density at radius 2 is 2.00 bits per heavy atom. The van der Waals surface area contributed by atoms with Gasteiger partial charge in [0.2, 0.25) is 0 Å². The van der Waals surface area contributed by atoms with Crippen molar-refractivity contribution in [2.45, 2.75) is 43.6 Å². The minimum atomic E-state index is -0.610. The standard InChI is InChI=1S/C15H21Cl2NO/c1-14(19)6-3-7-15(9-14,10-18-2)11-4-5-12(16)13(17)8-11/h4-5,8,18-19H,3,6-7,9-10H2,1-2H3. The van der Waals surface area contributed by atoms with Crippen molar-refractivity contribution in [2.75, 3.05) is 13.6 Å². The molecule has 1 aliphatic carbocycles. The lowest BCUT2D eigenvalue weighted by molar-refractivity contribution is -0.00966. The van der Waals surface area contributed by atoms with Crippen LogP contribution in [0.1, 0.15) is 38.2 Å². The molecule has 2 rings (SSSR count). The third-order valence-electron chi connectivity index (χ3n) is 4.14. The van der Waals surface area contributed by atoms with Gasteiger partial charge in [0.15, 0.2) is 0 Å². The minimum absolute atomic E-state index is 0.0648. The Kier molecular flexibility index (Phi) is 4.46. The zero-order chi connectivity index (χ0) is 14.1. The largest absolute Gasteiger partial charge is 0.390 e. The van der Waals surface area contributed by atoms with Crippen molar-refractivity contribution in [1.82, 2.24) is 5.32 Å². The second-order valence-corrected chi connectivity index (χ2v) is 6.78. The number of halogens is 2. The first-order chi connectivity index (χ1) is 8.88. The van der Waals surface area contributed by atoms with Crippen molar-refractivity contribution in [3.8, 4) is 0 Å². The summed E-state index contributed by atoms with van der Waals surface area (Å²) in [6.45, 7) is 2.76. The van der Waals surface area contributed by atoms with Gasteiger partial charge in [-0.25, -0.2) is 0 Å². The monoisotopic (exact) mass is 301 g/mol. The van der Waals surface area contributed by atoms with E-state index in [0.717, 1.165) is 37.8 Å². The smallest absolute Gasteiger partial charge is 0.0628 e. The molecule has 2 N–H and O–H groups in total. The van der Waals surface area contributed by atoms with E-state index in [0.29, 0.717) is 10.0 Å². The highest BCUT2D eigenvalue weighted by Gasteiger charge is 2.42. The first kappa shape index (κ1) is 15.1. The maximum atomic E-state index is 10.4. The van der Waals surface area contributed by atoms with Gasteiger partial charge < -0.3 is 10.4 Å².